The van der Waals surface area contributed by atoms with E-state index in [1.165, 1.54) is 25.0 Å². The van der Waals surface area contributed by atoms with Gasteiger partial charge in [0.15, 0.2) is 0 Å². The standard InChI is InChI=1S/C15H18ClF3N2/c16-13-5-4-11(8-12(13)15(17,18)19)21-7-1-6-20-14(9-21)10-2-3-10/h4-5,8,10,14,20H,1-3,6-7,9H2. The second kappa shape index (κ2) is 5.69. The van der Waals surface area contributed by atoms with Gasteiger partial charge in [-0.25, -0.2) is 0 Å². The Hall–Kier alpha value is -0.940. The van der Waals surface area contributed by atoms with E-state index in [1.54, 1.807) is 6.07 Å². The SMILES string of the molecule is FC(F)(F)c1cc(N2CCCNC(C3CC3)C2)ccc1Cl. The van der Waals surface area contributed by atoms with Crippen LogP contribution in [0.15, 0.2) is 18.2 Å². The summed E-state index contributed by atoms with van der Waals surface area (Å²) in [6.45, 7) is 2.47. The van der Waals surface area contributed by atoms with Crippen molar-refractivity contribution < 1.29 is 13.2 Å². The lowest BCUT2D eigenvalue weighted by Gasteiger charge is -2.27. The largest absolute Gasteiger partial charge is 0.417 e. The Bertz CT molecular complexity index is 514. The highest BCUT2D eigenvalue weighted by atomic mass is 35.5. The van der Waals surface area contributed by atoms with Crippen LogP contribution in [-0.2, 0) is 6.18 Å². The summed E-state index contributed by atoms with van der Waals surface area (Å²) in [6, 6.07) is 4.60. The molecule has 1 aliphatic heterocycles. The van der Waals surface area contributed by atoms with E-state index >= 15 is 0 Å². The van der Waals surface area contributed by atoms with E-state index in [0.717, 1.165) is 26.1 Å². The average molecular weight is 319 g/mol. The number of halogens is 4. The summed E-state index contributed by atoms with van der Waals surface area (Å²) in [5.74, 6) is 0.681. The van der Waals surface area contributed by atoms with Gasteiger partial charge in [-0.1, -0.05) is 11.6 Å². The van der Waals surface area contributed by atoms with Gasteiger partial charge in [-0.3, -0.25) is 0 Å². The van der Waals surface area contributed by atoms with Crippen molar-refractivity contribution in [1.29, 1.82) is 0 Å². The van der Waals surface area contributed by atoms with E-state index in [4.69, 9.17) is 11.6 Å². The highest BCUT2D eigenvalue weighted by Gasteiger charge is 2.35. The van der Waals surface area contributed by atoms with E-state index in [0.29, 0.717) is 17.6 Å². The van der Waals surface area contributed by atoms with Gasteiger partial charge in [0.2, 0.25) is 0 Å². The number of hydrogen-bond acceptors (Lipinski definition) is 2. The lowest BCUT2D eigenvalue weighted by atomic mass is 10.1. The van der Waals surface area contributed by atoms with Crippen LogP contribution in [0.25, 0.3) is 0 Å². The van der Waals surface area contributed by atoms with Gasteiger partial charge in [-0.2, -0.15) is 13.2 Å². The Morgan fingerprint density at radius 2 is 2.00 bits per heavy atom. The summed E-state index contributed by atoms with van der Waals surface area (Å²) in [7, 11) is 0. The molecule has 0 bridgehead atoms. The van der Waals surface area contributed by atoms with Gasteiger partial charge in [0, 0.05) is 24.8 Å². The molecular formula is C15H18ClF3N2. The Kier molecular flexibility index (Phi) is 4.06. The van der Waals surface area contributed by atoms with Gasteiger partial charge in [0.25, 0.3) is 0 Å². The number of nitrogens with zero attached hydrogens (tertiary/aromatic N) is 1. The molecule has 1 unspecified atom stereocenters. The molecular weight excluding hydrogens is 301 g/mol. The zero-order valence-electron chi connectivity index (χ0n) is 11.6. The van der Waals surface area contributed by atoms with Crippen LogP contribution < -0.4 is 10.2 Å². The Balaban J connectivity index is 1.84. The van der Waals surface area contributed by atoms with Gasteiger partial charge in [0.1, 0.15) is 0 Å². The molecule has 1 saturated heterocycles. The van der Waals surface area contributed by atoms with Gasteiger partial charge in [-0.15, -0.1) is 0 Å². The molecule has 1 heterocycles. The van der Waals surface area contributed by atoms with Crippen molar-refractivity contribution in [3.63, 3.8) is 0 Å². The summed E-state index contributed by atoms with van der Waals surface area (Å²) >= 11 is 5.69. The fourth-order valence-corrected chi connectivity index (χ4v) is 3.15. The molecule has 1 aromatic carbocycles. The number of rotatable bonds is 2. The van der Waals surface area contributed by atoms with Gasteiger partial charge < -0.3 is 10.2 Å². The van der Waals surface area contributed by atoms with Crippen LogP contribution >= 0.6 is 11.6 Å². The van der Waals surface area contributed by atoms with Crippen molar-refractivity contribution in [2.75, 3.05) is 24.5 Å². The smallest absolute Gasteiger partial charge is 0.370 e. The maximum Gasteiger partial charge on any atom is 0.417 e. The highest BCUT2D eigenvalue weighted by molar-refractivity contribution is 6.31. The zero-order valence-corrected chi connectivity index (χ0v) is 12.3. The predicted octanol–water partition coefficient (Wildman–Crippen LogP) is 3.94. The molecule has 0 aromatic heterocycles. The molecule has 6 heteroatoms. The molecule has 2 nitrogen and oxygen atoms in total. The summed E-state index contributed by atoms with van der Waals surface area (Å²) in [5.41, 5.74) is -0.136. The van der Waals surface area contributed by atoms with Crippen molar-refractivity contribution in [3.8, 4) is 0 Å². The Labute approximate surface area is 127 Å². The summed E-state index contributed by atoms with van der Waals surface area (Å²) < 4.78 is 38.9. The molecule has 116 valence electrons. The van der Waals surface area contributed by atoms with Crippen LogP contribution in [0.4, 0.5) is 18.9 Å². The topological polar surface area (TPSA) is 15.3 Å². The van der Waals surface area contributed by atoms with Crippen molar-refractivity contribution in [2.24, 2.45) is 5.92 Å². The van der Waals surface area contributed by atoms with Crippen LogP contribution in [0.3, 0.4) is 0 Å². The van der Waals surface area contributed by atoms with E-state index in [2.05, 4.69) is 10.2 Å². The summed E-state index contributed by atoms with van der Waals surface area (Å²) in [5, 5.41) is 3.27. The third-order valence-corrected chi connectivity index (χ3v) is 4.57. The van der Waals surface area contributed by atoms with E-state index in [-0.39, 0.29) is 5.02 Å². The first kappa shape index (κ1) is 15.0. The molecule has 0 amide bonds. The minimum absolute atomic E-state index is 0.238. The lowest BCUT2D eigenvalue weighted by molar-refractivity contribution is -0.137. The predicted molar refractivity (Wildman–Crippen MR) is 77.8 cm³/mol. The first-order valence-corrected chi connectivity index (χ1v) is 7.68. The molecule has 3 rings (SSSR count). The third kappa shape index (κ3) is 3.46. The highest BCUT2D eigenvalue weighted by Crippen LogP contribution is 2.38. The van der Waals surface area contributed by atoms with Crippen LogP contribution in [0.5, 0.6) is 0 Å². The second-order valence-electron chi connectivity index (χ2n) is 5.86. The van der Waals surface area contributed by atoms with E-state index in [1.807, 2.05) is 0 Å². The number of nitrogens with one attached hydrogen (secondary N) is 1. The number of anilines is 1. The third-order valence-electron chi connectivity index (χ3n) is 4.24. The normalized spacial score (nSPS) is 24.0. The number of alkyl halides is 3. The summed E-state index contributed by atoms with van der Waals surface area (Å²) in [6.07, 6.45) is -1.03. The van der Waals surface area contributed by atoms with E-state index < -0.39 is 11.7 Å². The number of hydrogen-bond donors (Lipinski definition) is 1. The van der Waals surface area contributed by atoms with Gasteiger partial charge >= 0.3 is 6.18 Å². The molecule has 1 aliphatic carbocycles. The Morgan fingerprint density at radius 1 is 1.24 bits per heavy atom. The molecule has 2 aliphatic rings. The molecule has 0 spiro atoms. The molecule has 1 aromatic rings. The first-order valence-electron chi connectivity index (χ1n) is 7.30. The maximum atomic E-state index is 13.0. The zero-order chi connectivity index (χ0) is 15.0. The molecule has 21 heavy (non-hydrogen) atoms. The summed E-state index contributed by atoms with van der Waals surface area (Å²) in [4.78, 5) is 2.05. The van der Waals surface area contributed by atoms with Crippen LogP contribution in [-0.4, -0.2) is 25.7 Å². The van der Waals surface area contributed by atoms with Crippen LogP contribution in [0.2, 0.25) is 5.02 Å². The minimum Gasteiger partial charge on any atom is -0.370 e. The van der Waals surface area contributed by atoms with Crippen molar-refractivity contribution in [3.05, 3.63) is 28.8 Å². The van der Waals surface area contributed by atoms with Crippen molar-refractivity contribution >= 4 is 17.3 Å². The number of benzene rings is 1. The monoisotopic (exact) mass is 318 g/mol. The van der Waals surface area contributed by atoms with Crippen molar-refractivity contribution in [2.45, 2.75) is 31.5 Å². The molecule has 1 saturated carbocycles. The molecule has 2 fully saturated rings. The fraction of sp³-hybridized carbons (Fsp3) is 0.600. The molecule has 0 radical (unpaired) electrons. The minimum atomic E-state index is -4.41. The molecule has 1 N–H and O–H groups in total. The second-order valence-corrected chi connectivity index (χ2v) is 6.27. The van der Waals surface area contributed by atoms with Crippen LogP contribution in [0, 0.1) is 5.92 Å². The van der Waals surface area contributed by atoms with Crippen LogP contribution in [0.1, 0.15) is 24.8 Å². The van der Waals surface area contributed by atoms with Gasteiger partial charge in [-0.05, 0) is 49.9 Å². The Morgan fingerprint density at radius 3 is 2.67 bits per heavy atom. The first-order chi connectivity index (χ1) is 9.95. The maximum absolute atomic E-state index is 13.0. The van der Waals surface area contributed by atoms with E-state index in [9.17, 15) is 13.2 Å². The van der Waals surface area contributed by atoms with Crippen molar-refractivity contribution in [1.82, 2.24) is 5.32 Å². The lowest BCUT2D eigenvalue weighted by Crippen LogP contribution is -2.39. The quantitative estimate of drug-likeness (QED) is 0.888. The molecule has 1 atom stereocenters. The van der Waals surface area contributed by atoms with Gasteiger partial charge in [0.05, 0.1) is 10.6 Å². The fourth-order valence-electron chi connectivity index (χ4n) is 2.93. The average Bonchev–Trinajstić information content (AvgIpc) is 3.24.